The van der Waals surface area contributed by atoms with Gasteiger partial charge in [-0.25, -0.2) is 18.4 Å². The number of benzene rings is 1. The first kappa shape index (κ1) is 23.7. The van der Waals surface area contributed by atoms with Crippen molar-refractivity contribution in [3.05, 3.63) is 42.2 Å². The smallest absolute Gasteiger partial charge is 0.211 e. The maximum absolute atomic E-state index is 12.4. The first-order valence-corrected chi connectivity index (χ1v) is 13.6. The van der Waals surface area contributed by atoms with Crippen LogP contribution in [0.3, 0.4) is 0 Å². The Morgan fingerprint density at radius 2 is 1.97 bits per heavy atom. The minimum absolute atomic E-state index is 0.0508. The third kappa shape index (κ3) is 5.20. The number of nitrogen functional groups attached to an aromatic ring is 1. The van der Waals surface area contributed by atoms with Crippen LogP contribution in [0.25, 0.3) is 21.9 Å². The average Bonchev–Trinajstić information content (AvgIpc) is 3.16. The van der Waals surface area contributed by atoms with Gasteiger partial charge < -0.3 is 15.6 Å². The summed E-state index contributed by atoms with van der Waals surface area (Å²) in [6, 6.07) is 8.03. The molecule has 2 aromatic heterocycles. The van der Waals surface area contributed by atoms with E-state index < -0.39 is 10.0 Å². The van der Waals surface area contributed by atoms with E-state index in [1.54, 1.807) is 4.31 Å². The number of hydrogen-bond donors (Lipinski definition) is 2. The first-order valence-electron chi connectivity index (χ1n) is 11.8. The van der Waals surface area contributed by atoms with E-state index in [4.69, 9.17) is 10.7 Å². The van der Waals surface area contributed by atoms with Crippen LogP contribution in [0.1, 0.15) is 38.4 Å². The molecule has 1 saturated heterocycles. The van der Waals surface area contributed by atoms with Crippen LogP contribution >= 0.6 is 0 Å². The minimum atomic E-state index is -3.28. The number of allylic oxidation sites excluding steroid dienone is 1. The van der Waals surface area contributed by atoms with Gasteiger partial charge in [-0.3, -0.25) is 0 Å². The quantitative estimate of drug-likeness (QED) is 0.466. The molecule has 4 rings (SSSR count). The van der Waals surface area contributed by atoms with Crippen molar-refractivity contribution in [2.45, 2.75) is 51.6 Å². The molecule has 0 spiro atoms. The highest BCUT2D eigenvalue weighted by Crippen LogP contribution is 2.29. The van der Waals surface area contributed by atoms with Gasteiger partial charge in [0.15, 0.2) is 5.82 Å². The van der Waals surface area contributed by atoms with Crippen LogP contribution in [0.5, 0.6) is 0 Å². The Balaban J connectivity index is 1.64. The number of nitrogens with one attached hydrogen (secondary N) is 1. The zero-order chi connectivity index (χ0) is 23.4. The highest BCUT2D eigenvalue weighted by Gasteiger charge is 2.26. The lowest BCUT2D eigenvalue weighted by molar-refractivity contribution is 0.280. The number of nitrogens with zero attached hydrogens (tertiary/aromatic N) is 4. The summed E-state index contributed by atoms with van der Waals surface area (Å²) < 4.78 is 28.7. The molecule has 1 aliphatic rings. The van der Waals surface area contributed by atoms with Crippen molar-refractivity contribution in [1.29, 1.82) is 0 Å². The summed E-state index contributed by atoms with van der Waals surface area (Å²) in [6.07, 6.45) is 9.96. The maximum atomic E-state index is 12.4. The zero-order valence-corrected chi connectivity index (χ0v) is 20.3. The van der Waals surface area contributed by atoms with Crippen LogP contribution < -0.4 is 11.1 Å². The average molecular weight is 471 g/mol. The topological polar surface area (TPSA) is 106 Å². The minimum Gasteiger partial charge on any atom is -0.382 e. The molecule has 0 bridgehead atoms. The molecular weight excluding hydrogens is 436 g/mol. The van der Waals surface area contributed by atoms with Crippen LogP contribution in [0, 0.1) is 0 Å². The van der Waals surface area contributed by atoms with Crippen LogP contribution in [-0.4, -0.2) is 59.2 Å². The molecule has 1 fully saturated rings. The van der Waals surface area contributed by atoms with E-state index in [-0.39, 0.29) is 6.04 Å². The number of aromatic nitrogens is 3. The summed E-state index contributed by atoms with van der Waals surface area (Å²) >= 11 is 0. The standard InChI is InChI=1S/C24H34N6O2S/c1-3-4-11-21-28-22-23(19-9-5-6-10-20(19)27-24(22)25)29(21)16-7-8-17-30(33(2,31)32)18-12-14-26-15-13-18/h5-10,18,26H,3-4,11-17H2,1-2H3,(H2,25,27)/b8-7+. The Hall–Kier alpha value is -2.49. The van der Waals surface area contributed by atoms with E-state index in [0.717, 1.165) is 73.0 Å². The Morgan fingerprint density at radius 1 is 1.21 bits per heavy atom. The zero-order valence-electron chi connectivity index (χ0n) is 19.5. The van der Waals surface area contributed by atoms with Crippen molar-refractivity contribution in [3.8, 4) is 0 Å². The number of rotatable bonds is 9. The third-order valence-electron chi connectivity index (χ3n) is 6.33. The fraction of sp³-hybridized carbons (Fsp3) is 0.500. The molecule has 3 aromatic rings. The Labute approximate surface area is 195 Å². The van der Waals surface area contributed by atoms with E-state index >= 15 is 0 Å². The van der Waals surface area contributed by atoms with Crippen LogP contribution in [0.15, 0.2) is 36.4 Å². The fourth-order valence-electron chi connectivity index (χ4n) is 4.64. The predicted octanol–water partition coefficient (Wildman–Crippen LogP) is 3.08. The number of anilines is 1. The molecule has 0 atom stereocenters. The molecule has 0 unspecified atom stereocenters. The predicted molar refractivity (Wildman–Crippen MR) is 135 cm³/mol. The van der Waals surface area contributed by atoms with E-state index in [1.165, 1.54) is 6.26 Å². The third-order valence-corrected chi connectivity index (χ3v) is 7.62. The maximum Gasteiger partial charge on any atom is 0.211 e. The summed E-state index contributed by atoms with van der Waals surface area (Å²) in [5.74, 6) is 1.43. The number of unbranched alkanes of at least 4 members (excludes halogenated alkanes) is 1. The van der Waals surface area contributed by atoms with Crippen molar-refractivity contribution in [2.75, 3.05) is 31.6 Å². The van der Waals surface area contributed by atoms with Crippen LogP contribution in [0.4, 0.5) is 5.82 Å². The van der Waals surface area contributed by atoms with E-state index in [9.17, 15) is 8.42 Å². The van der Waals surface area contributed by atoms with Gasteiger partial charge in [-0.15, -0.1) is 0 Å². The number of pyridine rings is 1. The lowest BCUT2D eigenvalue weighted by Gasteiger charge is -2.32. The highest BCUT2D eigenvalue weighted by molar-refractivity contribution is 7.88. The second kappa shape index (κ2) is 10.2. The Morgan fingerprint density at radius 3 is 2.70 bits per heavy atom. The Bertz CT molecular complexity index is 1240. The van der Waals surface area contributed by atoms with Crippen molar-refractivity contribution >= 4 is 37.8 Å². The molecule has 1 aliphatic heterocycles. The van der Waals surface area contributed by atoms with Gasteiger partial charge >= 0.3 is 0 Å². The van der Waals surface area contributed by atoms with Gasteiger partial charge in [0.1, 0.15) is 11.3 Å². The van der Waals surface area contributed by atoms with Gasteiger partial charge in [0.05, 0.1) is 17.3 Å². The van der Waals surface area contributed by atoms with Gasteiger partial charge in [0.2, 0.25) is 10.0 Å². The summed E-state index contributed by atoms with van der Waals surface area (Å²) in [6.45, 7) is 4.85. The molecule has 3 N–H and O–H groups in total. The highest BCUT2D eigenvalue weighted by atomic mass is 32.2. The largest absolute Gasteiger partial charge is 0.382 e. The molecule has 3 heterocycles. The molecule has 33 heavy (non-hydrogen) atoms. The number of hydrogen-bond acceptors (Lipinski definition) is 6. The number of nitrogens with two attached hydrogens (primary N) is 1. The normalized spacial score (nSPS) is 16.0. The lowest BCUT2D eigenvalue weighted by Crippen LogP contribution is -2.45. The summed E-state index contributed by atoms with van der Waals surface area (Å²) in [4.78, 5) is 9.40. The summed E-state index contributed by atoms with van der Waals surface area (Å²) in [7, 11) is -3.28. The number of imidazole rings is 1. The number of aryl methyl sites for hydroxylation is 1. The molecular formula is C24H34N6O2S. The molecule has 1 aromatic carbocycles. The molecule has 8 nitrogen and oxygen atoms in total. The van der Waals surface area contributed by atoms with Gasteiger partial charge in [0.25, 0.3) is 0 Å². The first-order chi connectivity index (χ1) is 15.9. The van der Waals surface area contributed by atoms with Crippen molar-refractivity contribution in [1.82, 2.24) is 24.2 Å². The SMILES string of the molecule is CCCCc1nc2c(N)nc3ccccc3c2n1C/C=C/CN(C1CCNCC1)S(C)(=O)=O. The Kier molecular flexibility index (Phi) is 7.31. The molecule has 0 aliphatic carbocycles. The molecule has 0 saturated carbocycles. The molecule has 0 amide bonds. The van der Waals surface area contributed by atoms with Gasteiger partial charge in [-0.1, -0.05) is 43.7 Å². The molecule has 9 heteroatoms. The van der Waals surface area contributed by atoms with Gasteiger partial charge in [0, 0.05) is 30.9 Å². The van der Waals surface area contributed by atoms with Crippen molar-refractivity contribution < 1.29 is 8.42 Å². The van der Waals surface area contributed by atoms with E-state index in [1.807, 2.05) is 30.4 Å². The number of sulfonamides is 1. The van der Waals surface area contributed by atoms with Crippen molar-refractivity contribution in [3.63, 3.8) is 0 Å². The molecule has 0 radical (unpaired) electrons. The number of fused-ring (bicyclic) bond motifs is 3. The summed E-state index contributed by atoms with van der Waals surface area (Å²) in [5.41, 5.74) is 8.86. The number of piperidine rings is 1. The van der Waals surface area contributed by atoms with Crippen molar-refractivity contribution in [2.24, 2.45) is 0 Å². The fourth-order valence-corrected chi connectivity index (χ4v) is 5.74. The van der Waals surface area contributed by atoms with Crippen LogP contribution in [0.2, 0.25) is 0 Å². The lowest BCUT2D eigenvalue weighted by atomic mass is 10.1. The van der Waals surface area contributed by atoms with E-state index in [0.29, 0.717) is 18.9 Å². The molecule has 178 valence electrons. The van der Waals surface area contributed by atoms with Crippen LogP contribution in [-0.2, 0) is 23.0 Å². The van der Waals surface area contributed by atoms with Gasteiger partial charge in [-0.2, -0.15) is 4.31 Å². The second-order valence-corrected chi connectivity index (χ2v) is 10.7. The van der Waals surface area contributed by atoms with Gasteiger partial charge in [-0.05, 0) is 38.4 Å². The second-order valence-electron chi connectivity index (χ2n) is 8.74. The summed E-state index contributed by atoms with van der Waals surface area (Å²) in [5, 5.41) is 4.33. The van der Waals surface area contributed by atoms with E-state index in [2.05, 4.69) is 27.9 Å². The monoisotopic (exact) mass is 470 g/mol. The number of para-hydroxylation sites is 1.